The van der Waals surface area contributed by atoms with Crippen molar-refractivity contribution in [1.82, 2.24) is 4.57 Å². The quantitative estimate of drug-likeness (QED) is 0.915. The smallest absolute Gasteiger partial charge is 0.248 e. The summed E-state index contributed by atoms with van der Waals surface area (Å²) in [5, 5.41) is 1.83. The van der Waals surface area contributed by atoms with Crippen LogP contribution in [0.4, 0.5) is 4.39 Å². The summed E-state index contributed by atoms with van der Waals surface area (Å²) in [5.74, 6) is -0.452. The standard InChI is InChI=1S/C14H16FN3OS.ClH/c15-12-5-2-1-4-11(12)10-18-8-9-20-14(18)17-13(19)6-3-7-16;/h1-2,4-5,8-9H,3,6-7,10,16H2;1H. The third-order valence-corrected chi connectivity index (χ3v) is 3.57. The van der Waals surface area contributed by atoms with Crippen molar-refractivity contribution in [1.29, 1.82) is 0 Å². The first-order chi connectivity index (χ1) is 9.70. The van der Waals surface area contributed by atoms with Crippen LogP contribution in [-0.4, -0.2) is 17.0 Å². The van der Waals surface area contributed by atoms with Gasteiger partial charge in [0.15, 0.2) is 4.80 Å². The second kappa shape index (κ2) is 8.71. The van der Waals surface area contributed by atoms with Crippen LogP contribution in [0.2, 0.25) is 0 Å². The minimum absolute atomic E-state index is 0. The number of nitrogens with two attached hydrogens (primary N) is 1. The monoisotopic (exact) mass is 329 g/mol. The maximum Gasteiger partial charge on any atom is 0.248 e. The normalized spacial score (nSPS) is 11.2. The van der Waals surface area contributed by atoms with E-state index in [-0.39, 0.29) is 24.1 Å². The van der Waals surface area contributed by atoms with Crippen LogP contribution in [0.3, 0.4) is 0 Å². The van der Waals surface area contributed by atoms with E-state index in [4.69, 9.17) is 5.73 Å². The van der Waals surface area contributed by atoms with E-state index >= 15 is 0 Å². The molecule has 0 saturated carbocycles. The van der Waals surface area contributed by atoms with E-state index in [1.165, 1.54) is 17.4 Å². The van der Waals surface area contributed by atoms with Crippen LogP contribution >= 0.6 is 23.7 Å². The summed E-state index contributed by atoms with van der Waals surface area (Å²) in [6.07, 6.45) is 2.77. The lowest BCUT2D eigenvalue weighted by Crippen LogP contribution is -2.17. The Hall–Kier alpha value is -1.50. The van der Waals surface area contributed by atoms with Crippen molar-refractivity contribution < 1.29 is 9.18 Å². The summed E-state index contributed by atoms with van der Waals surface area (Å²) in [7, 11) is 0. The van der Waals surface area contributed by atoms with Gasteiger partial charge in [0.1, 0.15) is 5.82 Å². The molecule has 0 aliphatic carbocycles. The van der Waals surface area contributed by atoms with Gasteiger partial charge >= 0.3 is 0 Å². The highest BCUT2D eigenvalue weighted by atomic mass is 35.5. The molecule has 1 amide bonds. The van der Waals surface area contributed by atoms with Crippen molar-refractivity contribution in [3.8, 4) is 0 Å². The molecular formula is C14H17ClFN3OS. The van der Waals surface area contributed by atoms with Crippen LogP contribution in [-0.2, 0) is 11.3 Å². The fourth-order valence-electron chi connectivity index (χ4n) is 1.73. The average molecular weight is 330 g/mol. The number of nitrogens with zero attached hydrogens (tertiary/aromatic N) is 2. The molecule has 114 valence electrons. The number of aromatic nitrogens is 1. The lowest BCUT2D eigenvalue weighted by Gasteiger charge is -2.04. The van der Waals surface area contributed by atoms with Crippen molar-refractivity contribution >= 4 is 29.7 Å². The number of rotatable bonds is 5. The molecule has 21 heavy (non-hydrogen) atoms. The lowest BCUT2D eigenvalue weighted by atomic mass is 10.2. The van der Waals surface area contributed by atoms with Crippen LogP contribution < -0.4 is 10.5 Å². The van der Waals surface area contributed by atoms with E-state index in [1.807, 2.05) is 5.38 Å². The fraction of sp³-hybridized carbons (Fsp3) is 0.286. The molecule has 0 spiro atoms. The Kier molecular flexibility index (Phi) is 7.28. The largest absolute Gasteiger partial charge is 0.330 e. The van der Waals surface area contributed by atoms with Gasteiger partial charge in [-0.15, -0.1) is 23.7 Å². The number of carbonyl (C=O) groups is 1. The molecule has 4 nitrogen and oxygen atoms in total. The molecule has 0 radical (unpaired) electrons. The summed E-state index contributed by atoms with van der Waals surface area (Å²) in [4.78, 5) is 16.3. The Bertz CT molecular complexity index is 653. The first kappa shape index (κ1) is 17.6. The molecule has 1 aromatic heterocycles. The zero-order chi connectivity index (χ0) is 14.4. The third kappa shape index (κ3) is 5.08. The van der Waals surface area contributed by atoms with Crippen LogP contribution in [0.25, 0.3) is 0 Å². The van der Waals surface area contributed by atoms with Crippen LogP contribution in [0.5, 0.6) is 0 Å². The minimum Gasteiger partial charge on any atom is -0.330 e. The van der Waals surface area contributed by atoms with Gasteiger partial charge in [0.2, 0.25) is 5.91 Å². The summed E-state index contributed by atoms with van der Waals surface area (Å²) in [5.41, 5.74) is 5.93. The molecule has 2 N–H and O–H groups in total. The lowest BCUT2D eigenvalue weighted by molar-refractivity contribution is -0.118. The third-order valence-electron chi connectivity index (χ3n) is 2.77. The summed E-state index contributed by atoms with van der Waals surface area (Å²) < 4.78 is 15.4. The van der Waals surface area contributed by atoms with Crippen LogP contribution in [0, 0.1) is 5.82 Å². The predicted octanol–water partition coefficient (Wildman–Crippen LogP) is 2.33. The number of amides is 1. The molecule has 0 aliphatic rings. The Morgan fingerprint density at radius 1 is 1.38 bits per heavy atom. The number of halogens is 2. The number of thiazole rings is 1. The molecule has 1 heterocycles. The summed E-state index contributed by atoms with van der Waals surface area (Å²) >= 11 is 1.36. The Labute approximate surface area is 132 Å². The molecular weight excluding hydrogens is 313 g/mol. The maximum atomic E-state index is 13.6. The fourth-order valence-corrected chi connectivity index (χ4v) is 2.48. The van der Waals surface area contributed by atoms with Crippen molar-refractivity contribution in [2.45, 2.75) is 19.4 Å². The highest BCUT2D eigenvalue weighted by molar-refractivity contribution is 7.07. The zero-order valence-electron chi connectivity index (χ0n) is 11.4. The van der Waals surface area contributed by atoms with Crippen molar-refractivity contribution in [2.75, 3.05) is 6.54 Å². The van der Waals surface area contributed by atoms with Gasteiger partial charge in [0.25, 0.3) is 0 Å². The Morgan fingerprint density at radius 3 is 2.86 bits per heavy atom. The predicted molar refractivity (Wildman–Crippen MR) is 83.9 cm³/mol. The van der Waals surface area contributed by atoms with Gasteiger partial charge in [-0.25, -0.2) is 4.39 Å². The van der Waals surface area contributed by atoms with E-state index < -0.39 is 0 Å². The molecule has 7 heteroatoms. The molecule has 0 unspecified atom stereocenters. The highest BCUT2D eigenvalue weighted by Crippen LogP contribution is 2.08. The van der Waals surface area contributed by atoms with E-state index in [9.17, 15) is 9.18 Å². The SMILES string of the molecule is Cl.NCCCC(=O)N=c1sccn1Cc1ccccc1F. The number of carbonyl (C=O) groups excluding carboxylic acids is 1. The molecule has 1 aromatic carbocycles. The molecule has 0 saturated heterocycles. The van der Waals surface area contributed by atoms with E-state index in [2.05, 4.69) is 4.99 Å². The molecule has 0 bridgehead atoms. The van der Waals surface area contributed by atoms with Crippen LogP contribution in [0.1, 0.15) is 18.4 Å². The number of hydrogen-bond acceptors (Lipinski definition) is 3. The minimum atomic E-state index is -0.258. The van der Waals surface area contributed by atoms with Gasteiger partial charge in [0, 0.05) is 23.6 Å². The van der Waals surface area contributed by atoms with Crippen molar-refractivity contribution in [3.63, 3.8) is 0 Å². The van der Waals surface area contributed by atoms with E-state index in [0.717, 1.165) is 0 Å². The second-order valence-electron chi connectivity index (χ2n) is 4.30. The van der Waals surface area contributed by atoms with Gasteiger partial charge in [-0.2, -0.15) is 4.99 Å². The summed E-state index contributed by atoms with van der Waals surface area (Å²) in [6.45, 7) is 0.833. The Balaban J connectivity index is 0.00000220. The second-order valence-corrected chi connectivity index (χ2v) is 5.18. The molecule has 2 rings (SSSR count). The maximum absolute atomic E-state index is 13.6. The van der Waals surface area contributed by atoms with Crippen molar-refractivity contribution in [3.05, 3.63) is 52.0 Å². The number of benzene rings is 1. The van der Waals surface area contributed by atoms with Gasteiger partial charge in [-0.3, -0.25) is 4.79 Å². The van der Waals surface area contributed by atoms with E-state index in [0.29, 0.717) is 36.3 Å². The molecule has 2 aromatic rings. The molecule has 0 fully saturated rings. The zero-order valence-corrected chi connectivity index (χ0v) is 13.0. The topological polar surface area (TPSA) is 60.4 Å². The van der Waals surface area contributed by atoms with Gasteiger partial charge in [0.05, 0.1) is 6.54 Å². The Morgan fingerprint density at radius 2 is 2.14 bits per heavy atom. The summed E-state index contributed by atoms with van der Waals surface area (Å²) in [6, 6.07) is 6.58. The van der Waals surface area contributed by atoms with E-state index in [1.54, 1.807) is 29.0 Å². The average Bonchev–Trinajstić information content (AvgIpc) is 2.86. The highest BCUT2D eigenvalue weighted by Gasteiger charge is 2.04. The van der Waals surface area contributed by atoms with Crippen molar-refractivity contribution in [2.24, 2.45) is 10.7 Å². The van der Waals surface area contributed by atoms with Gasteiger partial charge < -0.3 is 10.3 Å². The first-order valence-corrected chi connectivity index (χ1v) is 7.23. The first-order valence-electron chi connectivity index (χ1n) is 6.35. The number of hydrogen-bond donors (Lipinski definition) is 1. The van der Waals surface area contributed by atoms with Crippen LogP contribution in [0.15, 0.2) is 40.8 Å². The molecule has 0 aliphatic heterocycles. The van der Waals surface area contributed by atoms with Gasteiger partial charge in [-0.1, -0.05) is 18.2 Å². The molecule has 0 atom stereocenters. The van der Waals surface area contributed by atoms with Gasteiger partial charge in [-0.05, 0) is 19.0 Å².